The molecule has 1 aliphatic heterocycles. The van der Waals surface area contributed by atoms with Crippen molar-refractivity contribution in [1.29, 1.82) is 0 Å². The number of amides is 4. The fourth-order valence-electron chi connectivity index (χ4n) is 4.42. The Morgan fingerprint density at radius 3 is 2.62 bits per heavy atom. The number of hydrogen-bond acceptors (Lipinski definition) is 6. The highest BCUT2D eigenvalue weighted by molar-refractivity contribution is 6.07. The van der Waals surface area contributed by atoms with Crippen molar-refractivity contribution >= 4 is 17.8 Å². The number of aryl methyl sites for hydroxylation is 1. The molecule has 4 amide bonds. The van der Waals surface area contributed by atoms with E-state index in [-0.39, 0.29) is 43.2 Å². The zero-order valence-corrected chi connectivity index (χ0v) is 17.9. The Morgan fingerprint density at radius 2 is 1.97 bits per heavy atom. The van der Waals surface area contributed by atoms with E-state index in [1.165, 1.54) is 21.7 Å². The molecule has 0 radical (unpaired) electrons. The Bertz CT molecular complexity index is 1000. The molecule has 2 N–H and O–H groups in total. The maximum atomic E-state index is 13.2. The number of rotatable bonds is 8. The van der Waals surface area contributed by atoms with Gasteiger partial charge in [-0.15, -0.1) is 5.10 Å². The maximum Gasteiger partial charge on any atom is 0.325 e. The molecule has 4 rings (SSSR count). The molecule has 0 unspecified atom stereocenters. The van der Waals surface area contributed by atoms with Crippen molar-refractivity contribution < 1.29 is 18.8 Å². The van der Waals surface area contributed by atoms with Gasteiger partial charge in [-0.1, -0.05) is 25.0 Å². The minimum atomic E-state index is -0.724. The summed E-state index contributed by atoms with van der Waals surface area (Å²) >= 11 is 0. The lowest BCUT2D eigenvalue weighted by molar-refractivity contribution is -0.131. The monoisotopic (exact) mass is 443 g/mol. The van der Waals surface area contributed by atoms with Crippen molar-refractivity contribution in [2.75, 3.05) is 13.1 Å². The number of urea groups is 1. The first-order valence-corrected chi connectivity index (χ1v) is 10.8. The van der Waals surface area contributed by atoms with Crippen LogP contribution in [0.2, 0.25) is 0 Å². The number of nitrogens with zero attached hydrogens (tertiary/aromatic N) is 5. The number of carbonyl (C=O) groups excluding carboxylic acids is 3. The Kier molecular flexibility index (Phi) is 6.15. The molecule has 1 aliphatic carbocycles. The number of imide groups is 1. The Labute approximate surface area is 184 Å². The van der Waals surface area contributed by atoms with Gasteiger partial charge in [-0.25, -0.2) is 13.9 Å². The first-order valence-electron chi connectivity index (χ1n) is 10.8. The predicted octanol–water partition coefficient (Wildman–Crippen LogP) is 1.28. The molecule has 2 fully saturated rings. The summed E-state index contributed by atoms with van der Waals surface area (Å²) in [5.74, 6) is -0.333. The van der Waals surface area contributed by atoms with Gasteiger partial charge in [0.2, 0.25) is 5.91 Å². The summed E-state index contributed by atoms with van der Waals surface area (Å²) in [7, 11) is 0. The topological polar surface area (TPSA) is 122 Å². The maximum absolute atomic E-state index is 13.2. The average molecular weight is 443 g/mol. The summed E-state index contributed by atoms with van der Waals surface area (Å²) in [5, 5.41) is 17.1. The lowest BCUT2D eigenvalue weighted by Gasteiger charge is -2.20. The van der Waals surface area contributed by atoms with Crippen LogP contribution in [-0.2, 0) is 16.0 Å². The number of benzene rings is 1. The molecule has 2 heterocycles. The van der Waals surface area contributed by atoms with Gasteiger partial charge in [-0.05, 0) is 54.3 Å². The third kappa shape index (κ3) is 4.32. The second kappa shape index (κ2) is 9.01. The van der Waals surface area contributed by atoms with Gasteiger partial charge in [0.1, 0.15) is 23.2 Å². The van der Waals surface area contributed by atoms with Gasteiger partial charge in [-0.3, -0.25) is 14.5 Å². The molecule has 1 atom stereocenters. The molecule has 0 bridgehead atoms. The Hall–Kier alpha value is -3.37. The normalized spacial score (nSPS) is 18.2. The second-order valence-electron chi connectivity index (χ2n) is 8.34. The zero-order chi connectivity index (χ0) is 22.7. The van der Waals surface area contributed by atoms with E-state index in [0.717, 1.165) is 18.4 Å². The fraction of sp³-hybridized carbons (Fsp3) is 0.524. The van der Waals surface area contributed by atoms with Gasteiger partial charge < -0.3 is 10.6 Å². The van der Waals surface area contributed by atoms with E-state index in [4.69, 9.17) is 0 Å². The molecule has 2 aromatic rings. The van der Waals surface area contributed by atoms with E-state index in [1.54, 1.807) is 19.1 Å². The summed E-state index contributed by atoms with van der Waals surface area (Å²) in [4.78, 5) is 39.1. The van der Waals surface area contributed by atoms with Crippen LogP contribution in [0.4, 0.5) is 9.18 Å². The molecule has 11 heteroatoms. The number of aromatic nitrogens is 4. The average Bonchev–Trinajstić information content (AvgIpc) is 3.47. The van der Waals surface area contributed by atoms with Gasteiger partial charge in [0.15, 0.2) is 0 Å². The predicted molar refractivity (Wildman–Crippen MR) is 111 cm³/mol. The highest BCUT2D eigenvalue weighted by atomic mass is 19.1. The van der Waals surface area contributed by atoms with Gasteiger partial charge in [0.05, 0.1) is 0 Å². The van der Waals surface area contributed by atoms with Crippen molar-refractivity contribution in [3.8, 4) is 0 Å². The Balaban J connectivity index is 1.34. The van der Waals surface area contributed by atoms with Crippen molar-refractivity contribution in [3.63, 3.8) is 0 Å². The lowest BCUT2D eigenvalue weighted by atomic mass is 9.98. The minimum Gasteiger partial charge on any atom is -0.354 e. The fourth-order valence-corrected chi connectivity index (χ4v) is 4.42. The van der Waals surface area contributed by atoms with E-state index in [1.807, 2.05) is 0 Å². The first-order chi connectivity index (χ1) is 15.4. The summed E-state index contributed by atoms with van der Waals surface area (Å²) in [5.41, 5.74) is 0.0423. The SMILES string of the molecule is Cc1nnnn1[C@@H](Cc1ccc(F)cc1)C(=O)NCCCN1C(=O)NC2(CCCC2)C1=O. The summed E-state index contributed by atoms with van der Waals surface area (Å²) in [6.45, 7) is 2.21. The highest BCUT2D eigenvalue weighted by Crippen LogP contribution is 2.35. The van der Waals surface area contributed by atoms with E-state index in [9.17, 15) is 18.8 Å². The quantitative estimate of drug-likeness (QED) is 0.468. The van der Waals surface area contributed by atoms with Crippen LogP contribution in [0.5, 0.6) is 0 Å². The smallest absolute Gasteiger partial charge is 0.325 e. The molecule has 32 heavy (non-hydrogen) atoms. The first kappa shape index (κ1) is 21.8. The summed E-state index contributed by atoms with van der Waals surface area (Å²) < 4.78 is 14.7. The molecule has 1 saturated carbocycles. The standard InChI is InChI=1S/C21H26FN7O3/c1-14-25-26-27-29(14)17(13-15-5-7-16(22)8-6-15)18(30)23-11-4-12-28-19(31)21(24-20(28)32)9-2-3-10-21/h5-8,17H,2-4,9-13H2,1H3,(H,23,30)(H,24,32)/t17-/m0/s1. The van der Waals surface area contributed by atoms with Crippen LogP contribution in [0.15, 0.2) is 24.3 Å². The zero-order valence-electron chi connectivity index (χ0n) is 17.9. The third-order valence-corrected chi connectivity index (χ3v) is 6.16. The lowest BCUT2D eigenvalue weighted by Crippen LogP contribution is -2.44. The van der Waals surface area contributed by atoms with E-state index in [0.29, 0.717) is 25.1 Å². The van der Waals surface area contributed by atoms with Gasteiger partial charge in [0, 0.05) is 19.5 Å². The van der Waals surface area contributed by atoms with Crippen molar-refractivity contribution in [1.82, 2.24) is 35.7 Å². The van der Waals surface area contributed by atoms with Crippen molar-refractivity contribution in [2.24, 2.45) is 0 Å². The molecule has 1 aromatic heterocycles. The Morgan fingerprint density at radius 1 is 1.25 bits per heavy atom. The number of nitrogens with one attached hydrogen (secondary N) is 2. The number of halogens is 1. The molecule has 2 aliphatic rings. The van der Waals surface area contributed by atoms with Gasteiger partial charge in [-0.2, -0.15) is 0 Å². The largest absolute Gasteiger partial charge is 0.354 e. The molecule has 1 saturated heterocycles. The minimum absolute atomic E-state index is 0.162. The van der Waals surface area contributed by atoms with Crippen molar-refractivity contribution in [2.45, 2.75) is 57.0 Å². The van der Waals surface area contributed by atoms with Gasteiger partial charge >= 0.3 is 6.03 Å². The van der Waals surface area contributed by atoms with Crippen LogP contribution in [0.3, 0.4) is 0 Å². The van der Waals surface area contributed by atoms with Crippen LogP contribution in [0, 0.1) is 12.7 Å². The van der Waals surface area contributed by atoms with Crippen LogP contribution in [-0.4, -0.2) is 61.6 Å². The highest BCUT2D eigenvalue weighted by Gasteiger charge is 2.52. The summed E-state index contributed by atoms with van der Waals surface area (Å²) in [6.07, 6.45) is 3.94. The molecule has 1 aromatic carbocycles. The molecular formula is C21H26FN7O3. The van der Waals surface area contributed by atoms with Gasteiger partial charge in [0.25, 0.3) is 5.91 Å². The third-order valence-electron chi connectivity index (χ3n) is 6.16. The number of tetrazole rings is 1. The number of carbonyl (C=O) groups is 3. The molecule has 170 valence electrons. The molecule has 10 nitrogen and oxygen atoms in total. The molecular weight excluding hydrogens is 417 g/mol. The molecule has 1 spiro atoms. The van der Waals surface area contributed by atoms with Crippen molar-refractivity contribution in [3.05, 3.63) is 41.5 Å². The van der Waals surface area contributed by atoms with Crippen LogP contribution < -0.4 is 10.6 Å². The summed E-state index contributed by atoms with van der Waals surface area (Å²) in [6, 6.07) is 4.84. The van der Waals surface area contributed by atoms with Crippen LogP contribution in [0.1, 0.15) is 49.5 Å². The van der Waals surface area contributed by atoms with E-state index >= 15 is 0 Å². The van der Waals surface area contributed by atoms with Crippen LogP contribution >= 0.6 is 0 Å². The number of hydrogen-bond donors (Lipinski definition) is 2. The van der Waals surface area contributed by atoms with E-state index < -0.39 is 11.6 Å². The van der Waals surface area contributed by atoms with E-state index in [2.05, 4.69) is 26.2 Å². The second-order valence-corrected chi connectivity index (χ2v) is 8.34. The van der Waals surface area contributed by atoms with Crippen LogP contribution in [0.25, 0.3) is 0 Å².